The molecule has 180 valence electrons. The summed E-state index contributed by atoms with van der Waals surface area (Å²) in [6.07, 6.45) is 6.39. The van der Waals surface area contributed by atoms with Crippen molar-refractivity contribution in [2.75, 3.05) is 0 Å². The summed E-state index contributed by atoms with van der Waals surface area (Å²) < 4.78 is 57.2. The van der Waals surface area contributed by atoms with E-state index in [0.717, 1.165) is 25.7 Å². The SMILES string of the molecule is N[C@H](c1cn2ncc([C@H](NC(=O)C(F)(F)CC3CC3)C3CC3)cc2n1)C1CCC(F)(F)CC1. The van der Waals surface area contributed by atoms with Gasteiger partial charge in [-0.2, -0.15) is 13.9 Å². The number of fused-ring (bicyclic) bond motifs is 1. The van der Waals surface area contributed by atoms with Gasteiger partial charge in [0, 0.05) is 19.3 Å². The summed E-state index contributed by atoms with van der Waals surface area (Å²) in [5, 5.41) is 6.91. The van der Waals surface area contributed by atoms with Crippen LogP contribution in [0.2, 0.25) is 0 Å². The molecule has 2 heterocycles. The Balaban J connectivity index is 1.32. The number of rotatable bonds is 8. The highest BCUT2D eigenvalue weighted by atomic mass is 19.3. The molecule has 33 heavy (non-hydrogen) atoms. The highest BCUT2D eigenvalue weighted by molar-refractivity contribution is 5.83. The topological polar surface area (TPSA) is 85.3 Å². The summed E-state index contributed by atoms with van der Waals surface area (Å²) in [7, 11) is 0. The zero-order valence-electron chi connectivity index (χ0n) is 18.3. The van der Waals surface area contributed by atoms with Crippen molar-refractivity contribution in [3.8, 4) is 0 Å². The zero-order valence-corrected chi connectivity index (χ0v) is 18.3. The number of nitrogens with two attached hydrogens (primary N) is 1. The molecule has 2 aromatic heterocycles. The Bertz CT molecular complexity index is 1020. The summed E-state index contributed by atoms with van der Waals surface area (Å²) in [5.41, 5.74) is 8.03. The smallest absolute Gasteiger partial charge is 0.324 e. The van der Waals surface area contributed by atoms with Crippen LogP contribution in [0.5, 0.6) is 0 Å². The van der Waals surface area contributed by atoms with E-state index in [1.807, 2.05) is 0 Å². The van der Waals surface area contributed by atoms with E-state index < -0.39 is 36.3 Å². The monoisotopic (exact) mass is 467 g/mol. The summed E-state index contributed by atoms with van der Waals surface area (Å²) in [4.78, 5) is 16.9. The molecular weight excluding hydrogens is 438 g/mol. The standard InChI is InChI=1S/C23H29F4N5O/c24-22(25)7-5-14(6-8-22)19(28)17-12-32-18(30-17)9-16(11-29-32)20(15-3-4-15)31-21(33)23(26,27)10-13-1-2-13/h9,11-15,19-20H,1-8,10,28H2,(H,31,33)/t19-,20+/m0/s1. The highest BCUT2D eigenvalue weighted by Gasteiger charge is 2.46. The van der Waals surface area contributed by atoms with E-state index in [0.29, 0.717) is 29.7 Å². The Kier molecular flexibility index (Phi) is 5.61. The number of nitrogens with one attached hydrogen (secondary N) is 1. The molecule has 0 bridgehead atoms. The van der Waals surface area contributed by atoms with Crippen molar-refractivity contribution in [2.24, 2.45) is 23.5 Å². The third-order valence-electron chi connectivity index (χ3n) is 7.28. The Morgan fingerprint density at radius 1 is 1.18 bits per heavy atom. The second kappa shape index (κ2) is 8.21. The molecule has 6 nitrogen and oxygen atoms in total. The van der Waals surface area contributed by atoms with Crippen LogP contribution >= 0.6 is 0 Å². The van der Waals surface area contributed by atoms with Crippen LogP contribution in [-0.2, 0) is 4.79 Å². The van der Waals surface area contributed by atoms with Crippen LogP contribution in [0.1, 0.15) is 81.1 Å². The summed E-state index contributed by atoms with van der Waals surface area (Å²) in [6.45, 7) is 0. The molecule has 3 fully saturated rings. The van der Waals surface area contributed by atoms with E-state index in [1.54, 1.807) is 23.0 Å². The number of imidazole rings is 1. The number of halogens is 4. The van der Waals surface area contributed by atoms with E-state index in [2.05, 4.69) is 15.4 Å². The van der Waals surface area contributed by atoms with Crippen LogP contribution in [0.25, 0.3) is 5.65 Å². The Morgan fingerprint density at radius 2 is 1.88 bits per heavy atom. The number of carbonyl (C=O) groups is 1. The molecule has 2 aromatic rings. The van der Waals surface area contributed by atoms with Crippen LogP contribution in [0.4, 0.5) is 17.6 Å². The second-order valence-corrected chi connectivity index (χ2v) is 10.1. The molecular formula is C23H29F4N5O. The summed E-state index contributed by atoms with van der Waals surface area (Å²) in [6, 6.07) is 0.710. The lowest BCUT2D eigenvalue weighted by atomic mass is 9.81. The minimum absolute atomic E-state index is 0.0638. The first-order chi connectivity index (χ1) is 15.6. The average molecular weight is 468 g/mol. The number of nitrogens with zero attached hydrogens (tertiary/aromatic N) is 3. The lowest BCUT2D eigenvalue weighted by Crippen LogP contribution is -2.43. The largest absolute Gasteiger partial charge is 0.344 e. The molecule has 5 rings (SSSR count). The minimum atomic E-state index is -3.38. The van der Waals surface area contributed by atoms with Gasteiger partial charge < -0.3 is 11.1 Å². The maximum Gasteiger partial charge on any atom is 0.324 e. The van der Waals surface area contributed by atoms with Crippen molar-refractivity contribution >= 4 is 11.6 Å². The van der Waals surface area contributed by atoms with Gasteiger partial charge in [0.2, 0.25) is 5.92 Å². The van der Waals surface area contributed by atoms with Crippen LogP contribution < -0.4 is 11.1 Å². The van der Waals surface area contributed by atoms with Crippen molar-refractivity contribution in [3.63, 3.8) is 0 Å². The highest BCUT2D eigenvalue weighted by Crippen LogP contribution is 2.44. The van der Waals surface area contributed by atoms with Gasteiger partial charge in [0.25, 0.3) is 5.91 Å². The molecule has 10 heteroatoms. The number of aromatic nitrogens is 3. The third kappa shape index (κ3) is 5.00. The molecule has 3 aliphatic rings. The lowest BCUT2D eigenvalue weighted by Gasteiger charge is -2.31. The molecule has 0 spiro atoms. The van der Waals surface area contributed by atoms with Crippen LogP contribution in [0.15, 0.2) is 18.5 Å². The summed E-state index contributed by atoms with van der Waals surface area (Å²) >= 11 is 0. The Labute approximate surface area is 189 Å². The van der Waals surface area contributed by atoms with Crippen molar-refractivity contribution in [3.05, 3.63) is 29.7 Å². The molecule has 3 N–H and O–H groups in total. The van der Waals surface area contributed by atoms with E-state index in [4.69, 9.17) is 5.73 Å². The number of hydrogen-bond acceptors (Lipinski definition) is 4. The fourth-order valence-electron chi connectivity index (χ4n) is 4.83. The van der Waals surface area contributed by atoms with E-state index >= 15 is 0 Å². The van der Waals surface area contributed by atoms with E-state index in [9.17, 15) is 22.4 Å². The predicted octanol–water partition coefficient (Wildman–Crippen LogP) is 4.56. The first-order valence-electron chi connectivity index (χ1n) is 11.8. The first-order valence-corrected chi connectivity index (χ1v) is 11.8. The van der Waals surface area contributed by atoms with Crippen molar-refractivity contribution in [1.29, 1.82) is 0 Å². The molecule has 3 saturated carbocycles. The van der Waals surface area contributed by atoms with Gasteiger partial charge >= 0.3 is 5.92 Å². The zero-order chi connectivity index (χ0) is 23.4. The lowest BCUT2D eigenvalue weighted by molar-refractivity contribution is -0.148. The molecule has 0 unspecified atom stereocenters. The van der Waals surface area contributed by atoms with Gasteiger partial charge in [-0.3, -0.25) is 4.79 Å². The first kappa shape index (κ1) is 22.6. The fraction of sp³-hybridized carbons (Fsp3) is 0.696. The fourth-order valence-corrected chi connectivity index (χ4v) is 4.83. The van der Waals surface area contributed by atoms with Gasteiger partial charge in [-0.25, -0.2) is 18.3 Å². The molecule has 1 amide bonds. The minimum Gasteiger partial charge on any atom is -0.344 e. The van der Waals surface area contributed by atoms with Crippen molar-refractivity contribution in [1.82, 2.24) is 19.9 Å². The van der Waals surface area contributed by atoms with Crippen LogP contribution in [0, 0.1) is 17.8 Å². The molecule has 0 saturated heterocycles. The van der Waals surface area contributed by atoms with Gasteiger partial charge in [-0.15, -0.1) is 0 Å². The number of alkyl halides is 4. The predicted molar refractivity (Wildman–Crippen MR) is 113 cm³/mol. The molecule has 0 aliphatic heterocycles. The van der Waals surface area contributed by atoms with Gasteiger partial charge in [0.05, 0.1) is 30.2 Å². The number of carbonyl (C=O) groups excluding carboxylic acids is 1. The van der Waals surface area contributed by atoms with Crippen LogP contribution in [0.3, 0.4) is 0 Å². The second-order valence-electron chi connectivity index (χ2n) is 10.1. The molecule has 0 radical (unpaired) electrons. The van der Waals surface area contributed by atoms with Gasteiger partial charge in [-0.1, -0.05) is 0 Å². The van der Waals surface area contributed by atoms with E-state index in [1.165, 1.54) is 0 Å². The Morgan fingerprint density at radius 3 is 2.52 bits per heavy atom. The molecule has 3 aliphatic carbocycles. The van der Waals surface area contributed by atoms with Crippen molar-refractivity contribution < 1.29 is 22.4 Å². The quantitative estimate of drug-likeness (QED) is 0.558. The van der Waals surface area contributed by atoms with Crippen molar-refractivity contribution in [2.45, 2.75) is 81.7 Å². The number of amides is 1. The van der Waals surface area contributed by atoms with Gasteiger partial charge in [-0.05, 0) is 67.9 Å². The summed E-state index contributed by atoms with van der Waals surface area (Å²) in [5.74, 6) is -7.28. The maximum absolute atomic E-state index is 14.3. The van der Waals surface area contributed by atoms with Gasteiger partial charge in [0.15, 0.2) is 5.65 Å². The molecule has 0 aromatic carbocycles. The maximum atomic E-state index is 14.3. The Hall–Kier alpha value is -2.23. The number of hydrogen-bond donors (Lipinski definition) is 2. The molecule has 2 atom stereocenters. The average Bonchev–Trinajstić information content (AvgIpc) is 3.69. The third-order valence-corrected chi connectivity index (χ3v) is 7.28. The normalized spacial score (nSPS) is 23.4. The van der Waals surface area contributed by atoms with E-state index in [-0.39, 0.29) is 30.6 Å². The van der Waals surface area contributed by atoms with Gasteiger partial charge in [0.1, 0.15) is 0 Å². The van der Waals surface area contributed by atoms with Crippen LogP contribution in [-0.4, -0.2) is 32.4 Å².